The average molecular weight is 380 g/mol. The van der Waals surface area contributed by atoms with Gasteiger partial charge in [0.05, 0.1) is 30.3 Å². The van der Waals surface area contributed by atoms with E-state index in [2.05, 4.69) is 5.32 Å². The number of carbonyl (C=O) groups is 1. The largest absolute Gasteiger partial charge is 0.495 e. The summed E-state index contributed by atoms with van der Waals surface area (Å²) in [6, 6.07) is 10.8. The zero-order valence-corrected chi connectivity index (χ0v) is 15.6. The Morgan fingerprint density at radius 2 is 1.80 bits per heavy atom. The van der Waals surface area contributed by atoms with Gasteiger partial charge in [0.15, 0.2) is 0 Å². The molecular weight excluding hydrogens is 361 g/mol. The van der Waals surface area contributed by atoms with E-state index in [9.17, 15) is 4.79 Å². The van der Waals surface area contributed by atoms with Gasteiger partial charge >= 0.3 is 0 Å². The van der Waals surface area contributed by atoms with Crippen molar-refractivity contribution < 1.29 is 14.3 Å². The van der Waals surface area contributed by atoms with Crippen LogP contribution in [-0.4, -0.2) is 20.1 Å². The first-order valence-electron chi connectivity index (χ1n) is 7.99. The molecule has 1 aliphatic rings. The molecule has 2 aromatic rings. The van der Waals surface area contributed by atoms with Crippen molar-refractivity contribution in [3.8, 4) is 11.5 Å². The topological polar surface area (TPSA) is 47.6 Å². The number of nitrogens with one attached hydrogen (secondary N) is 1. The van der Waals surface area contributed by atoms with Crippen LogP contribution in [0.3, 0.4) is 0 Å². The molecule has 0 atom stereocenters. The molecule has 0 saturated heterocycles. The van der Waals surface area contributed by atoms with Gasteiger partial charge in [-0.3, -0.25) is 4.79 Å². The lowest BCUT2D eigenvalue weighted by atomic mass is 9.64. The maximum Gasteiger partial charge on any atom is 0.235 e. The summed E-state index contributed by atoms with van der Waals surface area (Å²) in [5.74, 6) is 0.881. The molecule has 1 N–H and O–H groups in total. The lowest BCUT2D eigenvalue weighted by Gasteiger charge is -2.40. The molecule has 25 heavy (non-hydrogen) atoms. The number of methoxy groups -OCH3 is 2. The zero-order chi connectivity index (χ0) is 18.0. The lowest BCUT2D eigenvalue weighted by molar-refractivity contribution is -0.124. The van der Waals surface area contributed by atoms with Crippen molar-refractivity contribution in [3.05, 3.63) is 52.0 Å². The summed E-state index contributed by atoms with van der Waals surface area (Å²) in [6.07, 6.45) is 2.57. The molecule has 1 fully saturated rings. The van der Waals surface area contributed by atoms with E-state index in [-0.39, 0.29) is 5.91 Å². The Hall–Kier alpha value is -1.91. The van der Waals surface area contributed by atoms with Crippen LogP contribution >= 0.6 is 23.2 Å². The predicted octanol–water partition coefficient (Wildman–Crippen LogP) is 5.07. The third kappa shape index (κ3) is 3.29. The van der Waals surface area contributed by atoms with E-state index in [0.29, 0.717) is 27.2 Å². The van der Waals surface area contributed by atoms with Crippen molar-refractivity contribution in [2.24, 2.45) is 0 Å². The second kappa shape index (κ2) is 7.14. The van der Waals surface area contributed by atoms with Crippen molar-refractivity contribution in [1.82, 2.24) is 0 Å². The number of ether oxygens (including phenoxy) is 2. The van der Waals surface area contributed by atoms with Crippen LogP contribution in [0.15, 0.2) is 36.4 Å². The standard InChI is InChI=1S/C19H19Cl2NO3/c1-24-16-11-15(17(25-2)10-14(16)21)22-18(23)19(7-4-8-19)12-5-3-6-13(20)9-12/h3,5-6,9-11H,4,7-8H2,1-2H3,(H,22,23). The molecule has 2 aromatic carbocycles. The smallest absolute Gasteiger partial charge is 0.235 e. The summed E-state index contributed by atoms with van der Waals surface area (Å²) in [5, 5.41) is 4.03. The van der Waals surface area contributed by atoms with Gasteiger partial charge in [0.25, 0.3) is 0 Å². The number of rotatable bonds is 5. The highest BCUT2D eigenvalue weighted by atomic mass is 35.5. The van der Waals surface area contributed by atoms with Crippen molar-refractivity contribution in [2.45, 2.75) is 24.7 Å². The van der Waals surface area contributed by atoms with Crippen LogP contribution in [0.4, 0.5) is 5.69 Å². The fourth-order valence-corrected chi connectivity index (χ4v) is 3.58. The highest BCUT2D eigenvalue weighted by Crippen LogP contribution is 2.46. The molecule has 0 bridgehead atoms. The van der Waals surface area contributed by atoms with E-state index in [1.165, 1.54) is 14.2 Å². The van der Waals surface area contributed by atoms with Gasteiger partial charge in [-0.15, -0.1) is 0 Å². The van der Waals surface area contributed by atoms with E-state index >= 15 is 0 Å². The van der Waals surface area contributed by atoms with Gasteiger partial charge in [0, 0.05) is 17.2 Å². The van der Waals surface area contributed by atoms with Crippen LogP contribution in [0.2, 0.25) is 10.0 Å². The molecule has 0 aliphatic heterocycles. The zero-order valence-electron chi connectivity index (χ0n) is 14.1. The van der Waals surface area contributed by atoms with Gasteiger partial charge < -0.3 is 14.8 Å². The van der Waals surface area contributed by atoms with Gasteiger partial charge in [-0.1, -0.05) is 41.8 Å². The fraction of sp³-hybridized carbons (Fsp3) is 0.316. The number of hydrogen-bond donors (Lipinski definition) is 1. The van der Waals surface area contributed by atoms with Crippen molar-refractivity contribution in [1.29, 1.82) is 0 Å². The number of hydrogen-bond acceptors (Lipinski definition) is 3. The van der Waals surface area contributed by atoms with Crippen LogP contribution < -0.4 is 14.8 Å². The molecule has 0 heterocycles. The maximum absolute atomic E-state index is 13.1. The van der Waals surface area contributed by atoms with Crippen LogP contribution in [-0.2, 0) is 10.2 Å². The minimum absolute atomic E-state index is 0.0799. The van der Waals surface area contributed by atoms with E-state index in [0.717, 1.165) is 24.8 Å². The summed E-state index contributed by atoms with van der Waals surface area (Å²) in [5.41, 5.74) is 0.897. The van der Waals surface area contributed by atoms with E-state index < -0.39 is 5.41 Å². The van der Waals surface area contributed by atoms with Gasteiger partial charge in [-0.2, -0.15) is 0 Å². The lowest BCUT2D eigenvalue weighted by Crippen LogP contribution is -2.46. The number of halogens is 2. The SMILES string of the molecule is COc1cc(NC(=O)C2(c3cccc(Cl)c3)CCC2)c(OC)cc1Cl. The summed E-state index contributed by atoms with van der Waals surface area (Å²) >= 11 is 12.2. The highest BCUT2D eigenvalue weighted by Gasteiger charge is 2.46. The highest BCUT2D eigenvalue weighted by molar-refractivity contribution is 6.32. The number of benzene rings is 2. The van der Waals surface area contributed by atoms with E-state index in [1.807, 2.05) is 24.3 Å². The summed E-state index contributed by atoms with van der Waals surface area (Å²) in [4.78, 5) is 13.1. The molecule has 3 rings (SSSR count). The monoisotopic (exact) mass is 379 g/mol. The molecule has 1 saturated carbocycles. The first-order valence-corrected chi connectivity index (χ1v) is 8.75. The van der Waals surface area contributed by atoms with Crippen LogP contribution in [0.25, 0.3) is 0 Å². The van der Waals surface area contributed by atoms with Crippen molar-refractivity contribution >= 4 is 34.8 Å². The Morgan fingerprint density at radius 1 is 1.08 bits per heavy atom. The second-order valence-corrected chi connectivity index (χ2v) is 6.93. The van der Waals surface area contributed by atoms with Gasteiger partial charge in [-0.05, 0) is 30.5 Å². The first-order chi connectivity index (χ1) is 12.0. The molecule has 1 amide bonds. The third-order valence-electron chi connectivity index (χ3n) is 4.74. The molecule has 0 spiro atoms. The average Bonchev–Trinajstić information content (AvgIpc) is 2.55. The maximum atomic E-state index is 13.1. The normalized spacial score (nSPS) is 15.2. The Balaban J connectivity index is 1.93. The van der Waals surface area contributed by atoms with Gasteiger partial charge in [-0.25, -0.2) is 0 Å². The summed E-state index contributed by atoms with van der Waals surface area (Å²) in [7, 11) is 3.06. The molecule has 4 nitrogen and oxygen atoms in total. The number of amides is 1. The first kappa shape index (κ1) is 17.9. The van der Waals surface area contributed by atoms with Gasteiger partial charge in [0.1, 0.15) is 11.5 Å². The van der Waals surface area contributed by atoms with Crippen LogP contribution in [0.1, 0.15) is 24.8 Å². The predicted molar refractivity (Wildman–Crippen MR) is 100 cm³/mol. The van der Waals surface area contributed by atoms with Crippen LogP contribution in [0.5, 0.6) is 11.5 Å². The summed E-state index contributed by atoms with van der Waals surface area (Å²) in [6.45, 7) is 0. The number of carbonyl (C=O) groups excluding carboxylic acids is 1. The van der Waals surface area contributed by atoms with E-state index in [4.69, 9.17) is 32.7 Å². The molecule has 0 unspecified atom stereocenters. The quantitative estimate of drug-likeness (QED) is 0.788. The molecular formula is C19H19Cl2NO3. The molecule has 0 aromatic heterocycles. The van der Waals surface area contributed by atoms with Crippen molar-refractivity contribution in [2.75, 3.05) is 19.5 Å². The second-order valence-electron chi connectivity index (χ2n) is 6.09. The van der Waals surface area contributed by atoms with Crippen molar-refractivity contribution in [3.63, 3.8) is 0 Å². The Morgan fingerprint density at radius 3 is 2.36 bits per heavy atom. The molecule has 0 radical (unpaired) electrons. The Bertz CT molecular complexity index is 803. The third-order valence-corrected chi connectivity index (χ3v) is 5.27. The van der Waals surface area contributed by atoms with Gasteiger partial charge in [0.2, 0.25) is 5.91 Å². The molecule has 6 heteroatoms. The molecule has 132 valence electrons. The van der Waals surface area contributed by atoms with Crippen LogP contribution in [0, 0.1) is 0 Å². The molecule has 1 aliphatic carbocycles. The minimum atomic E-state index is -0.567. The Kier molecular flexibility index (Phi) is 5.11. The summed E-state index contributed by atoms with van der Waals surface area (Å²) < 4.78 is 10.6. The fourth-order valence-electron chi connectivity index (χ4n) is 3.16. The van der Waals surface area contributed by atoms with E-state index in [1.54, 1.807) is 12.1 Å². The number of anilines is 1. The Labute approximate surface area is 157 Å². The minimum Gasteiger partial charge on any atom is -0.495 e.